The smallest absolute Gasteiger partial charge is 0.347 e. The van der Waals surface area contributed by atoms with Gasteiger partial charge in [0.1, 0.15) is 11.2 Å². The van der Waals surface area contributed by atoms with Crippen molar-refractivity contribution in [1.29, 1.82) is 0 Å². The van der Waals surface area contributed by atoms with Crippen molar-refractivity contribution < 1.29 is 48.0 Å². The predicted molar refractivity (Wildman–Crippen MR) is 205 cm³/mol. The zero-order chi connectivity index (χ0) is 40.0. The average molecular weight is 751 g/mol. The van der Waals surface area contributed by atoms with Crippen LogP contribution in [0, 0.1) is 16.2 Å². The van der Waals surface area contributed by atoms with Crippen molar-refractivity contribution in [2.45, 2.75) is 149 Å². The second kappa shape index (κ2) is 17.2. The maximum absolute atomic E-state index is 15.1. The van der Waals surface area contributed by atoms with Gasteiger partial charge in [-0.05, 0) is 122 Å². The molecule has 2 aromatic rings. The van der Waals surface area contributed by atoms with E-state index in [1.807, 2.05) is 58.0 Å². The lowest BCUT2D eigenvalue weighted by atomic mass is 9.58. The summed E-state index contributed by atoms with van der Waals surface area (Å²) in [6, 6.07) is 14.7. The Bertz CT molecular complexity index is 1630. The van der Waals surface area contributed by atoms with Gasteiger partial charge in [0, 0.05) is 6.42 Å². The molecule has 1 aliphatic carbocycles. The van der Waals surface area contributed by atoms with Crippen molar-refractivity contribution in [1.82, 2.24) is 0 Å². The number of esters is 4. The van der Waals surface area contributed by atoms with Crippen LogP contribution < -0.4 is 4.74 Å². The molecule has 54 heavy (non-hydrogen) atoms. The maximum atomic E-state index is 15.1. The van der Waals surface area contributed by atoms with E-state index < -0.39 is 57.4 Å². The standard InChI is InChI=1S/C44H62O10/c1-10-30(31-21-22-33(45)35(27-31)50-9)28-41(6,38(48)53-43(8,11-2)32-19-15-13-16-20-32)29-42(7,39(49)54-44(12-3)24-17-14-18-25-44)40(4,5)37(47)52-34-23-26-51-36(34)46/h13,15-16,19-22,27,30,34,45H,10-12,14,17-18,23-26,28-29H2,1-9H3. The fourth-order valence-corrected chi connectivity index (χ4v) is 8.12. The van der Waals surface area contributed by atoms with Crippen LogP contribution in [0.25, 0.3) is 0 Å². The summed E-state index contributed by atoms with van der Waals surface area (Å²) in [6.07, 6.45) is 5.23. The first-order chi connectivity index (χ1) is 25.4. The van der Waals surface area contributed by atoms with E-state index in [9.17, 15) is 14.7 Å². The van der Waals surface area contributed by atoms with Gasteiger partial charge in [-0.25, -0.2) is 4.79 Å². The molecule has 298 valence electrons. The fraction of sp³-hybridized carbons (Fsp3) is 0.636. The van der Waals surface area contributed by atoms with Gasteiger partial charge in [0.25, 0.3) is 0 Å². The van der Waals surface area contributed by atoms with Crippen LogP contribution in [-0.2, 0) is 43.7 Å². The molecule has 0 radical (unpaired) electrons. The third-order valence-corrected chi connectivity index (χ3v) is 12.7. The van der Waals surface area contributed by atoms with E-state index in [0.717, 1.165) is 30.4 Å². The number of carbonyl (C=O) groups excluding carboxylic acids is 4. The second-order valence-electron chi connectivity index (χ2n) is 16.6. The lowest BCUT2D eigenvalue weighted by Crippen LogP contribution is -2.55. The monoisotopic (exact) mass is 750 g/mol. The Morgan fingerprint density at radius 3 is 2.15 bits per heavy atom. The van der Waals surface area contributed by atoms with Gasteiger partial charge in [0.05, 0.1) is 30.0 Å². The first-order valence-corrected chi connectivity index (χ1v) is 19.7. The largest absolute Gasteiger partial charge is 0.504 e. The molecule has 0 aromatic heterocycles. The Morgan fingerprint density at radius 2 is 1.59 bits per heavy atom. The van der Waals surface area contributed by atoms with Crippen LogP contribution in [0.5, 0.6) is 11.5 Å². The van der Waals surface area contributed by atoms with Gasteiger partial charge >= 0.3 is 23.9 Å². The van der Waals surface area contributed by atoms with E-state index in [1.54, 1.807) is 45.9 Å². The molecule has 2 fully saturated rings. The van der Waals surface area contributed by atoms with Gasteiger partial charge in [-0.15, -0.1) is 0 Å². The second-order valence-corrected chi connectivity index (χ2v) is 16.6. The van der Waals surface area contributed by atoms with Gasteiger partial charge in [-0.1, -0.05) is 63.6 Å². The van der Waals surface area contributed by atoms with Gasteiger partial charge in [0.15, 0.2) is 11.5 Å². The van der Waals surface area contributed by atoms with Gasteiger partial charge < -0.3 is 28.8 Å². The number of methoxy groups -OCH3 is 1. The summed E-state index contributed by atoms with van der Waals surface area (Å²) >= 11 is 0. The number of phenolic OH excluding ortho intramolecular Hbond substituents is 1. The number of ether oxygens (including phenoxy) is 5. The van der Waals surface area contributed by atoms with Crippen LogP contribution in [0.1, 0.15) is 143 Å². The molecule has 2 aliphatic rings. The van der Waals surface area contributed by atoms with Crippen LogP contribution in [0.4, 0.5) is 0 Å². The number of phenols is 1. The van der Waals surface area contributed by atoms with Crippen LogP contribution in [0.2, 0.25) is 0 Å². The van der Waals surface area contributed by atoms with E-state index in [0.29, 0.717) is 37.9 Å². The third-order valence-electron chi connectivity index (χ3n) is 12.7. The lowest BCUT2D eigenvalue weighted by molar-refractivity contribution is -0.199. The molecule has 5 atom stereocenters. The summed E-state index contributed by atoms with van der Waals surface area (Å²) in [5, 5.41) is 10.4. The topological polar surface area (TPSA) is 135 Å². The van der Waals surface area contributed by atoms with E-state index >= 15 is 9.59 Å². The van der Waals surface area contributed by atoms with E-state index in [-0.39, 0.29) is 37.5 Å². The molecule has 5 unspecified atom stereocenters. The van der Waals surface area contributed by atoms with Crippen LogP contribution in [0.3, 0.4) is 0 Å². The normalized spacial score (nSPS) is 21.0. The highest BCUT2D eigenvalue weighted by Crippen LogP contribution is 2.54. The van der Waals surface area contributed by atoms with Crippen molar-refractivity contribution in [2.75, 3.05) is 13.7 Å². The van der Waals surface area contributed by atoms with Crippen molar-refractivity contribution in [3.63, 3.8) is 0 Å². The summed E-state index contributed by atoms with van der Waals surface area (Å²) in [4.78, 5) is 56.9. The Morgan fingerprint density at radius 1 is 0.926 bits per heavy atom. The Kier molecular flexibility index (Phi) is 13.6. The van der Waals surface area contributed by atoms with Crippen molar-refractivity contribution in [2.24, 2.45) is 16.2 Å². The van der Waals surface area contributed by atoms with Gasteiger partial charge in [-0.2, -0.15) is 0 Å². The number of cyclic esters (lactones) is 1. The van der Waals surface area contributed by atoms with Crippen molar-refractivity contribution in [3.8, 4) is 11.5 Å². The molecular weight excluding hydrogens is 688 g/mol. The van der Waals surface area contributed by atoms with Crippen LogP contribution >= 0.6 is 0 Å². The first-order valence-electron chi connectivity index (χ1n) is 19.7. The molecular formula is C44H62O10. The lowest BCUT2D eigenvalue weighted by Gasteiger charge is -2.48. The molecule has 1 saturated heterocycles. The fourth-order valence-electron chi connectivity index (χ4n) is 8.12. The first kappa shape index (κ1) is 42.7. The molecule has 1 saturated carbocycles. The van der Waals surface area contributed by atoms with Crippen LogP contribution in [-0.4, -0.2) is 54.4 Å². The Balaban J connectivity index is 1.86. The molecule has 0 spiro atoms. The molecule has 0 amide bonds. The van der Waals surface area contributed by atoms with E-state index in [1.165, 1.54) is 7.11 Å². The molecule has 1 aliphatic heterocycles. The minimum atomic E-state index is -1.64. The molecule has 10 heteroatoms. The minimum absolute atomic E-state index is 0.00543. The zero-order valence-electron chi connectivity index (χ0n) is 33.9. The molecule has 10 nitrogen and oxygen atoms in total. The highest BCUT2D eigenvalue weighted by molar-refractivity contribution is 5.90. The van der Waals surface area contributed by atoms with Crippen LogP contribution in [0.15, 0.2) is 48.5 Å². The van der Waals surface area contributed by atoms with Crippen molar-refractivity contribution >= 4 is 23.9 Å². The minimum Gasteiger partial charge on any atom is -0.504 e. The predicted octanol–water partition coefficient (Wildman–Crippen LogP) is 9.10. The molecule has 1 heterocycles. The number of aromatic hydroxyl groups is 1. The summed E-state index contributed by atoms with van der Waals surface area (Å²) < 4.78 is 29.4. The average Bonchev–Trinajstić information content (AvgIpc) is 3.57. The summed E-state index contributed by atoms with van der Waals surface area (Å²) in [5.41, 5.74) is -4.62. The van der Waals surface area contributed by atoms with Gasteiger partial charge in [-0.3, -0.25) is 14.4 Å². The molecule has 2 aromatic carbocycles. The third kappa shape index (κ3) is 8.89. The summed E-state index contributed by atoms with van der Waals surface area (Å²) in [7, 11) is 1.48. The van der Waals surface area contributed by atoms with Gasteiger partial charge in [0.2, 0.25) is 6.10 Å². The zero-order valence-corrected chi connectivity index (χ0v) is 33.9. The summed E-state index contributed by atoms with van der Waals surface area (Å²) in [6.45, 7) is 14.7. The highest BCUT2D eigenvalue weighted by atomic mass is 16.6. The van der Waals surface area contributed by atoms with E-state index in [2.05, 4.69) is 0 Å². The number of hydrogen-bond donors (Lipinski definition) is 1. The quantitative estimate of drug-likeness (QED) is 0.123. The van der Waals surface area contributed by atoms with E-state index in [4.69, 9.17) is 23.7 Å². The molecule has 0 bridgehead atoms. The SMILES string of the molecule is CCC(CC(C)(CC(C)(C(=O)OC1(CC)CCCCC1)C(C)(C)C(=O)OC1CCOC1=O)C(=O)OC(C)(CC)c1ccccc1)c1ccc(O)c(OC)c1. The van der Waals surface area contributed by atoms with Crippen molar-refractivity contribution in [3.05, 3.63) is 59.7 Å². The highest BCUT2D eigenvalue weighted by Gasteiger charge is 2.60. The maximum Gasteiger partial charge on any atom is 0.347 e. The number of hydrogen-bond acceptors (Lipinski definition) is 10. The molecule has 4 rings (SSSR count). The number of rotatable bonds is 17. The molecule has 1 N–H and O–H groups in total. The number of carbonyl (C=O) groups is 4. The number of benzene rings is 2. The summed E-state index contributed by atoms with van der Waals surface area (Å²) in [5.74, 6) is -2.45. The Hall–Kier alpha value is -4.08. The Labute approximate surface area is 321 Å².